The number of thiophene rings is 1. The number of esters is 1. The van der Waals surface area contributed by atoms with Crippen LogP contribution in [0.25, 0.3) is 10.1 Å². The molecule has 0 aliphatic carbocycles. The molecule has 0 spiro atoms. The topological polar surface area (TPSA) is 89.8 Å². The molecule has 132 valence electrons. The standard InChI is InChI=1S/C17H18N2O5S/c1-2-24-17(21)11-5-7-18(8-6-11)16(20)15-10-12-9-13(19(22)23)3-4-14(12)25-15/h3-4,9-11H,2,5-8H2,1H3. The number of carbonyl (C=O) groups excluding carboxylic acids is 2. The van der Waals surface area contributed by atoms with E-state index in [0.29, 0.717) is 42.8 Å². The fraction of sp³-hybridized carbons (Fsp3) is 0.412. The SMILES string of the molecule is CCOC(=O)C1CCN(C(=O)c2cc3cc([N+](=O)[O-])ccc3s2)CC1. The van der Waals surface area contributed by atoms with Gasteiger partial charge in [-0.1, -0.05) is 0 Å². The van der Waals surface area contributed by atoms with E-state index in [2.05, 4.69) is 0 Å². The van der Waals surface area contributed by atoms with E-state index in [0.717, 1.165) is 4.70 Å². The van der Waals surface area contributed by atoms with E-state index in [4.69, 9.17) is 4.74 Å². The molecule has 0 atom stereocenters. The third-order valence-corrected chi connectivity index (χ3v) is 5.43. The van der Waals surface area contributed by atoms with Gasteiger partial charge in [0, 0.05) is 35.3 Å². The number of carbonyl (C=O) groups is 2. The van der Waals surface area contributed by atoms with Gasteiger partial charge < -0.3 is 9.64 Å². The number of non-ortho nitro benzene ring substituents is 1. The van der Waals surface area contributed by atoms with Crippen LogP contribution in [0, 0.1) is 16.0 Å². The molecule has 25 heavy (non-hydrogen) atoms. The Bertz CT molecular complexity index is 824. The summed E-state index contributed by atoms with van der Waals surface area (Å²) in [6.45, 7) is 3.17. The van der Waals surface area contributed by atoms with E-state index in [1.165, 1.54) is 23.5 Å². The van der Waals surface area contributed by atoms with Crippen LogP contribution in [0.5, 0.6) is 0 Å². The van der Waals surface area contributed by atoms with Gasteiger partial charge in [-0.15, -0.1) is 11.3 Å². The van der Waals surface area contributed by atoms with Gasteiger partial charge in [0.05, 0.1) is 22.3 Å². The van der Waals surface area contributed by atoms with Crippen LogP contribution in [0.3, 0.4) is 0 Å². The molecule has 1 aromatic carbocycles. The molecule has 0 radical (unpaired) electrons. The quantitative estimate of drug-likeness (QED) is 0.473. The first-order chi connectivity index (χ1) is 12.0. The van der Waals surface area contributed by atoms with Crippen LogP contribution < -0.4 is 0 Å². The van der Waals surface area contributed by atoms with Crippen LogP contribution in [0.15, 0.2) is 24.3 Å². The maximum atomic E-state index is 12.7. The predicted octanol–water partition coefficient (Wildman–Crippen LogP) is 3.22. The summed E-state index contributed by atoms with van der Waals surface area (Å²) in [6, 6.07) is 6.29. The number of likely N-dealkylation sites (tertiary alicyclic amines) is 1. The highest BCUT2D eigenvalue weighted by Gasteiger charge is 2.29. The van der Waals surface area contributed by atoms with Crippen molar-refractivity contribution in [3.8, 4) is 0 Å². The Kier molecular flexibility index (Phi) is 4.98. The highest BCUT2D eigenvalue weighted by atomic mass is 32.1. The van der Waals surface area contributed by atoms with Crippen LogP contribution in [-0.4, -0.2) is 41.4 Å². The summed E-state index contributed by atoms with van der Waals surface area (Å²) in [6.07, 6.45) is 1.20. The summed E-state index contributed by atoms with van der Waals surface area (Å²) in [4.78, 5) is 37.2. The lowest BCUT2D eigenvalue weighted by molar-refractivity contribution is -0.384. The molecule has 3 rings (SSSR count). The molecule has 1 saturated heterocycles. The Balaban J connectivity index is 1.70. The monoisotopic (exact) mass is 362 g/mol. The van der Waals surface area contributed by atoms with Crippen molar-refractivity contribution in [2.45, 2.75) is 19.8 Å². The van der Waals surface area contributed by atoms with E-state index in [-0.39, 0.29) is 23.5 Å². The molecule has 0 N–H and O–H groups in total. The molecule has 1 aromatic heterocycles. The van der Waals surface area contributed by atoms with Crippen LogP contribution >= 0.6 is 11.3 Å². The Labute approximate surface area is 148 Å². The average molecular weight is 362 g/mol. The summed E-state index contributed by atoms with van der Waals surface area (Å²) in [5.74, 6) is -0.427. The van der Waals surface area contributed by atoms with Gasteiger partial charge in [0.25, 0.3) is 11.6 Å². The number of rotatable bonds is 4. The number of piperidine rings is 1. The number of amides is 1. The molecule has 7 nitrogen and oxygen atoms in total. The van der Waals surface area contributed by atoms with Crippen molar-refractivity contribution in [3.63, 3.8) is 0 Å². The van der Waals surface area contributed by atoms with Gasteiger partial charge >= 0.3 is 5.97 Å². The lowest BCUT2D eigenvalue weighted by Gasteiger charge is -2.30. The molecule has 1 aliphatic heterocycles. The Hall–Kier alpha value is -2.48. The summed E-state index contributed by atoms with van der Waals surface area (Å²) in [5.41, 5.74) is 0.0135. The zero-order valence-electron chi connectivity index (χ0n) is 13.8. The van der Waals surface area contributed by atoms with Crippen molar-refractivity contribution in [3.05, 3.63) is 39.3 Å². The van der Waals surface area contributed by atoms with E-state index in [9.17, 15) is 19.7 Å². The molecule has 1 fully saturated rings. The van der Waals surface area contributed by atoms with Crippen LogP contribution in [0.1, 0.15) is 29.4 Å². The van der Waals surface area contributed by atoms with Crippen LogP contribution in [-0.2, 0) is 9.53 Å². The smallest absolute Gasteiger partial charge is 0.309 e. The van der Waals surface area contributed by atoms with Crippen LogP contribution in [0.4, 0.5) is 5.69 Å². The van der Waals surface area contributed by atoms with Gasteiger partial charge in [-0.3, -0.25) is 19.7 Å². The van der Waals surface area contributed by atoms with Crippen molar-refractivity contribution < 1.29 is 19.2 Å². The zero-order valence-corrected chi connectivity index (χ0v) is 14.6. The van der Waals surface area contributed by atoms with Gasteiger partial charge in [-0.05, 0) is 31.9 Å². The number of nitro groups is 1. The maximum absolute atomic E-state index is 12.7. The van der Waals surface area contributed by atoms with Crippen molar-refractivity contribution in [1.82, 2.24) is 4.90 Å². The highest BCUT2D eigenvalue weighted by Crippen LogP contribution is 2.30. The molecular formula is C17H18N2O5S. The predicted molar refractivity (Wildman–Crippen MR) is 93.7 cm³/mol. The molecule has 1 amide bonds. The van der Waals surface area contributed by atoms with Gasteiger partial charge in [0.2, 0.25) is 0 Å². The molecular weight excluding hydrogens is 344 g/mol. The zero-order chi connectivity index (χ0) is 18.0. The Morgan fingerprint density at radius 2 is 2.04 bits per heavy atom. The van der Waals surface area contributed by atoms with Crippen molar-refractivity contribution in [1.29, 1.82) is 0 Å². The Morgan fingerprint density at radius 1 is 1.32 bits per heavy atom. The van der Waals surface area contributed by atoms with E-state index >= 15 is 0 Å². The first-order valence-electron chi connectivity index (χ1n) is 8.13. The average Bonchev–Trinajstić information content (AvgIpc) is 3.04. The van der Waals surface area contributed by atoms with Gasteiger partial charge in [0.15, 0.2) is 0 Å². The lowest BCUT2D eigenvalue weighted by atomic mass is 9.97. The number of fused-ring (bicyclic) bond motifs is 1. The largest absolute Gasteiger partial charge is 0.466 e. The molecule has 0 unspecified atom stereocenters. The maximum Gasteiger partial charge on any atom is 0.309 e. The minimum Gasteiger partial charge on any atom is -0.466 e. The number of nitro benzene ring substituents is 1. The van der Waals surface area contributed by atoms with Gasteiger partial charge in [0.1, 0.15) is 0 Å². The van der Waals surface area contributed by atoms with Gasteiger partial charge in [-0.2, -0.15) is 0 Å². The summed E-state index contributed by atoms with van der Waals surface area (Å²) < 4.78 is 5.88. The van der Waals surface area contributed by atoms with E-state index in [1.807, 2.05) is 0 Å². The molecule has 2 aromatic rings. The molecule has 2 heterocycles. The normalized spacial score (nSPS) is 15.3. The second kappa shape index (κ2) is 7.18. The highest BCUT2D eigenvalue weighted by molar-refractivity contribution is 7.20. The molecule has 8 heteroatoms. The summed E-state index contributed by atoms with van der Waals surface area (Å²) >= 11 is 1.33. The molecule has 0 bridgehead atoms. The molecule has 1 aliphatic rings. The fourth-order valence-electron chi connectivity index (χ4n) is 2.98. The summed E-state index contributed by atoms with van der Waals surface area (Å²) in [7, 11) is 0. The van der Waals surface area contributed by atoms with Crippen molar-refractivity contribution in [2.24, 2.45) is 5.92 Å². The minimum absolute atomic E-state index is 0.0135. The van der Waals surface area contributed by atoms with E-state index < -0.39 is 4.92 Å². The number of hydrogen-bond donors (Lipinski definition) is 0. The van der Waals surface area contributed by atoms with Crippen molar-refractivity contribution in [2.75, 3.05) is 19.7 Å². The first kappa shape index (κ1) is 17.3. The Morgan fingerprint density at radius 3 is 2.68 bits per heavy atom. The molecule has 0 saturated carbocycles. The third kappa shape index (κ3) is 3.63. The first-order valence-corrected chi connectivity index (χ1v) is 8.95. The second-order valence-corrected chi connectivity index (χ2v) is 6.99. The lowest BCUT2D eigenvalue weighted by Crippen LogP contribution is -2.40. The van der Waals surface area contributed by atoms with Crippen LogP contribution in [0.2, 0.25) is 0 Å². The second-order valence-electron chi connectivity index (χ2n) is 5.91. The van der Waals surface area contributed by atoms with Gasteiger partial charge in [-0.25, -0.2) is 0 Å². The summed E-state index contributed by atoms with van der Waals surface area (Å²) in [5, 5.41) is 11.6. The minimum atomic E-state index is -0.446. The fourth-order valence-corrected chi connectivity index (χ4v) is 3.99. The van der Waals surface area contributed by atoms with E-state index in [1.54, 1.807) is 24.0 Å². The number of nitrogens with zero attached hydrogens (tertiary/aromatic N) is 2. The number of ether oxygens (including phenoxy) is 1. The number of hydrogen-bond acceptors (Lipinski definition) is 6. The van der Waals surface area contributed by atoms with Crippen molar-refractivity contribution >= 4 is 39.0 Å². The third-order valence-electron chi connectivity index (χ3n) is 4.32. The number of benzene rings is 1.